The van der Waals surface area contributed by atoms with Crippen molar-refractivity contribution in [3.63, 3.8) is 0 Å². The maximum absolute atomic E-state index is 11.7. The molecule has 2 atom stereocenters. The highest BCUT2D eigenvalue weighted by molar-refractivity contribution is 5.80. The maximum atomic E-state index is 11.7. The lowest BCUT2D eigenvalue weighted by Crippen LogP contribution is -2.39. The van der Waals surface area contributed by atoms with Crippen molar-refractivity contribution in [2.45, 2.75) is 38.5 Å². The van der Waals surface area contributed by atoms with Crippen LogP contribution in [0.4, 0.5) is 0 Å². The van der Waals surface area contributed by atoms with E-state index >= 15 is 0 Å². The number of ether oxygens (including phenoxy) is 2. The summed E-state index contributed by atoms with van der Waals surface area (Å²) in [6, 6.07) is 6.30. The molecule has 2 heterocycles. The van der Waals surface area contributed by atoms with Gasteiger partial charge in [-0.25, -0.2) is 0 Å². The summed E-state index contributed by atoms with van der Waals surface area (Å²) >= 11 is 0. The van der Waals surface area contributed by atoms with Gasteiger partial charge in [0.2, 0.25) is 0 Å². The normalized spacial score (nSPS) is 27.5. The summed E-state index contributed by atoms with van der Waals surface area (Å²) in [5.74, 6) is 1.20. The van der Waals surface area contributed by atoms with Crippen LogP contribution in [0.3, 0.4) is 0 Å². The highest BCUT2D eigenvalue weighted by atomic mass is 16.7. The van der Waals surface area contributed by atoms with Gasteiger partial charge in [0, 0.05) is 30.5 Å². The zero-order chi connectivity index (χ0) is 12.5. The lowest BCUT2D eigenvalue weighted by molar-refractivity contribution is -0.121. The van der Waals surface area contributed by atoms with Gasteiger partial charge in [-0.1, -0.05) is 12.1 Å². The zero-order valence-electron chi connectivity index (χ0n) is 10.4. The fraction of sp³-hybridized carbons (Fsp3) is 0.500. The summed E-state index contributed by atoms with van der Waals surface area (Å²) in [5.41, 5.74) is 2.20. The Labute approximate surface area is 106 Å². The van der Waals surface area contributed by atoms with Crippen LogP contribution in [-0.4, -0.2) is 18.6 Å². The first-order valence-corrected chi connectivity index (χ1v) is 6.34. The number of ketones is 1. The van der Waals surface area contributed by atoms with Crippen molar-refractivity contribution in [3.05, 3.63) is 29.3 Å². The lowest BCUT2D eigenvalue weighted by Gasteiger charge is -2.31. The topological polar surface area (TPSA) is 47.6 Å². The van der Waals surface area contributed by atoms with Crippen LogP contribution in [0.15, 0.2) is 18.2 Å². The van der Waals surface area contributed by atoms with Gasteiger partial charge in [0.05, 0.1) is 6.61 Å². The molecule has 0 aromatic heterocycles. The quantitative estimate of drug-likeness (QED) is 0.823. The Morgan fingerprint density at radius 1 is 1.33 bits per heavy atom. The predicted molar refractivity (Wildman–Crippen MR) is 66.3 cm³/mol. The minimum atomic E-state index is 0.0847. The summed E-state index contributed by atoms with van der Waals surface area (Å²) in [7, 11) is 0. The van der Waals surface area contributed by atoms with E-state index in [1.165, 1.54) is 0 Å². The zero-order valence-corrected chi connectivity index (χ0v) is 10.4. The second-order valence-electron chi connectivity index (χ2n) is 5.00. The first kappa shape index (κ1) is 11.7. The molecule has 0 radical (unpaired) electrons. The standard InChI is InChI=1S/C14H17NO3/c1-9-5-10(16)6-13(15-9)11-3-2-4-14-12(11)7-17-8-18-14/h2-4,9,13,15H,5-8H2,1H3. The van der Waals surface area contributed by atoms with Gasteiger partial charge >= 0.3 is 0 Å². The molecule has 3 rings (SSSR count). The molecule has 0 aliphatic carbocycles. The third kappa shape index (κ3) is 2.13. The van der Waals surface area contributed by atoms with E-state index in [1.54, 1.807) is 0 Å². The summed E-state index contributed by atoms with van der Waals surface area (Å²) in [6.07, 6.45) is 1.18. The van der Waals surface area contributed by atoms with E-state index in [-0.39, 0.29) is 12.1 Å². The molecule has 1 fully saturated rings. The molecule has 96 valence electrons. The Hall–Kier alpha value is -1.39. The number of hydrogen-bond donors (Lipinski definition) is 1. The van der Waals surface area contributed by atoms with Gasteiger partial charge in [0.15, 0.2) is 6.79 Å². The van der Waals surface area contributed by atoms with Crippen molar-refractivity contribution in [1.82, 2.24) is 5.32 Å². The third-order valence-corrected chi connectivity index (χ3v) is 3.54. The Morgan fingerprint density at radius 2 is 2.22 bits per heavy atom. The van der Waals surface area contributed by atoms with E-state index in [9.17, 15) is 4.79 Å². The van der Waals surface area contributed by atoms with Crippen LogP contribution >= 0.6 is 0 Å². The highest BCUT2D eigenvalue weighted by Crippen LogP contribution is 2.33. The maximum Gasteiger partial charge on any atom is 0.189 e. The number of nitrogens with one attached hydrogen (secondary N) is 1. The molecule has 0 amide bonds. The molecule has 2 aliphatic rings. The molecule has 0 bridgehead atoms. The Kier molecular flexibility index (Phi) is 3.06. The number of benzene rings is 1. The van der Waals surface area contributed by atoms with Crippen molar-refractivity contribution in [2.75, 3.05) is 6.79 Å². The molecule has 4 nitrogen and oxygen atoms in total. The number of carbonyl (C=O) groups excluding carboxylic acids is 1. The van der Waals surface area contributed by atoms with Crippen molar-refractivity contribution in [1.29, 1.82) is 0 Å². The van der Waals surface area contributed by atoms with E-state index in [0.29, 0.717) is 32.0 Å². The van der Waals surface area contributed by atoms with E-state index < -0.39 is 0 Å². The average Bonchev–Trinajstić information content (AvgIpc) is 2.37. The third-order valence-electron chi connectivity index (χ3n) is 3.54. The van der Waals surface area contributed by atoms with E-state index in [2.05, 4.69) is 11.4 Å². The molecular weight excluding hydrogens is 230 g/mol. The van der Waals surface area contributed by atoms with Crippen LogP contribution in [0.1, 0.15) is 36.9 Å². The van der Waals surface area contributed by atoms with Gasteiger partial charge in [0.1, 0.15) is 11.5 Å². The second-order valence-corrected chi connectivity index (χ2v) is 5.00. The molecule has 0 saturated carbocycles. The van der Waals surface area contributed by atoms with Gasteiger partial charge in [-0.15, -0.1) is 0 Å². The van der Waals surface area contributed by atoms with Crippen LogP contribution < -0.4 is 10.1 Å². The minimum Gasteiger partial charge on any atom is -0.467 e. The molecule has 18 heavy (non-hydrogen) atoms. The van der Waals surface area contributed by atoms with Crippen molar-refractivity contribution in [2.24, 2.45) is 0 Å². The average molecular weight is 247 g/mol. The molecule has 4 heteroatoms. The molecule has 1 saturated heterocycles. The van der Waals surface area contributed by atoms with Crippen LogP contribution in [0, 0.1) is 0 Å². The molecule has 1 aromatic rings. The molecule has 2 unspecified atom stereocenters. The van der Waals surface area contributed by atoms with Gasteiger partial charge in [0.25, 0.3) is 0 Å². The molecule has 0 spiro atoms. The number of hydrogen-bond acceptors (Lipinski definition) is 4. The summed E-state index contributed by atoms with van der Waals surface area (Å²) in [6.45, 7) is 2.92. The largest absolute Gasteiger partial charge is 0.467 e. The summed E-state index contributed by atoms with van der Waals surface area (Å²) in [4.78, 5) is 11.7. The van der Waals surface area contributed by atoms with Gasteiger partial charge in [-0.3, -0.25) is 4.79 Å². The first-order valence-electron chi connectivity index (χ1n) is 6.34. The molecule has 1 aromatic carbocycles. The van der Waals surface area contributed by atoms with Crippen LogP contribution in [0.2, 0.25) is 0 Å². The number of carbonyl (C=O) groups is 1. The molecular formula is C14H17NO3. The SMILES string of the molecule is CC1CC(=O)CC(c2cccc3c2COCO3)N1. The first-order chi connectivity index (χ1) is 8.74. The van der Waals surface area contributed by atoms with Crippen molar-refractivity contribution < 1.29 is 14.3 Å². The number of fused-ring (bicyclic) bond motifs is 1. The monoisotopic (exact) mass is 247 g/mol. The van der Waals surface area contributed by atoms with Gasteiger partial charge in [-0.05, 0) is 18.6 Å². The van der Waals surface area contributed by atoms with E-state index in [4.69, 9.17) is 9.47 Å². The van der Waals surface area contributed by atoms with Gasteiger partial charge < -0.3 is 14.8 Å². The molecule has 1 N–H and O–H groups in total. The lowest BCUT2D eigenvalue weighted by atomic mass is 9.90. The Bertz CT molecular complexity index is 472. The van der Waals surface area contributed by atoms with Crippen molar-refractivity contribution in [3.8, 4) is 5.75 Å². The number of piperidine rings is 1. The van der Waals surface area contributed by atoms with E-state index in [0.717, 1.165) is 16.9 Å². The fourth-order valence-corrected chi connectivity index (χ4v) is 2.76. The van der Waals surface area contributed by atoms with Crippen molar-refractivity contribution >= 4 is 5.78 Å². The fourth-order valence-electron chi connectivity index (χ4n) is 2.76. The predicted octanol–water partition coefficient (Wildman–Crippen LogP) is 1.94. The van der Waals surface area contributed by atoms with E-state index in [1.807, 2.05) is 19.1 Å². The van der Waals surface area contributed by atoms with Gasteiger partial charge in [-0.2, -0.15) is 0 Å². The molecule has 2 aliphatic heterocycles. The van der Waals surface area contributed by atoms with Crippen LogP contribution in [0.25, 0.3) is 0 Å². The van der Waals surface area contributed by atoms with Crippen LogP contribution in [-0.2, 0) is 16.1 Å². The smallest absolute Gasteiger partial charge is 0.189 e. The Morgan fingerprint density at radius 3 is 3.06 bits per heavy atom. The summed E-state index contributed by atoms with van der Waals surface area (Å²) < 4.78 is 10.8. The van der Waals surface area contributed by atoms with Crippen LogP contribution in [0.5, 0.6) is 5.75 Å². The minimum absolute atomic E-state index is 0.0847. The number of rotatable bonds is 1. The second kappa shape index (κ2) is 4.71. The number of Topliss-reactive ketones (excluding diaryl/α,β-unsaturated/α-hetero) is 1. The summed E-state index contributed by atoms with van der Waals surface area (Å²) in [5, 5.41) is 3.48. The Balaban J connectivity index is 1.94. The highest BCUT2D eigenvalue weighted by Gasteiger charge is 2.28.